The van der Waals surface area contributed by atoms with Gasteiger partial charge in [-0.25, -0.2) is 4.98 Å². The van der Waals surface area contributed by atoms with E-state index >= 15 is 0 Å². The molecule has 2 heterocycles. The topological polar surface area (TPSA) is 61.7 Å². The Morgan fingerprint density at radius 2 is 2.16 bits per heavy atom. The minimum absolute atomic E-state index is 0.754. The van der Waals surface area contributed by atoms with E-state index in [-0.39, 0.29) is 0 Å². The second-order valence-electron chi connectivity index (χ2n) is 4.83. The Morgan fingerprint density at radius 1 is 1.32 bits per heavy atom. The number of anilines is 1. The number of benzene rings is 1. The summed E-state index contributed by atoms with van der Waals surface area (Å²) in [5, 5.41) is 4.19. The van der Waals surface area contributed by atoms with E-state index in [1.165, 1.54) is 5.56 Å². The van der Waals surface area contributed by atoms with Crippen molar-refractivity contribution < 1.29 is 0 Å². The Bertz CT molecular complexity index is 723. The average molecular weight is 255 g/mol. The van der Waals surface area contributed by atoms with Gasteiger partial charge in [0.05, 0.1) is 17.2 Å². The zero-order valence-electron chi connectivity index (χ0n) is 11.2. The Labute approximate surface area is 111 Å². The summed E-state index contributed by atoms with van der Waals surface area (Å²) in [6.07, 6.45) is 4.91. The zero-order chi connectivity index (χ0) is 13.4. The molecule has 0 spiro atoms. The second-order valence-corrected chi connectivity index (χ2v) is 4.83. The lowest BCUT2D eigenvalue weighted by molar-refractivity contribution is 0.691. The molecule has 0 radical (unpaired) electrons. The third kappa shape index (κ3) is 2.19. The number of imidazole rings is 1. The molecule has 0 aliphatic carbocycles. The van der Waals surface area contributed by atoms with E-state index in [4.69, 9.17) is 5.73 Å². The predicted molar refractivity (Wildman–Crippen MR) is 75.8 cm³/mol. The molecule has 5 heteroatoms. The highest BCUT2D eigenvalue weighted by Gasteiger charge is 2.08. The van der Waals surface area contributed by atoms with Gasteiger partial charge in [0, 0.05) is 25.5 Å². The molecule has 0 aliphatic rings. The monoisotopic (exact) mass is 255 g/mol. The molecule has 0 fully saturated rings. The lowest BCUT2D eigenvalue weighted by Gasteiger charge is -2.05. The van der Waals surface area contributed by atoms with Gasteiger partial charge in [0.25, 0.3) is 0 Å². The molecule has 3 rings (SSSR count). The molecule has 98 valence electrons. The Hall–Kier alpha value is -2.30. The summed E-state index contributed by atoms with van der Waals surface area (Å²) in [7, 11) is 1.93. The molecule has 2 aromatic heterocycles. The van der Waals surface area contributed by atoms with E-state index in [2.05, 4.69) is 14.6 Å². The number of nitrogens with two attached hydrogens (primary N) is 1. The van der Waals surface area contributed by atoms with Gasteiger partial charge in [-0.2, -0.15) is 5.10 Å². The normalized spacial score (nSPS) is 11.3. The van der Waals surface area contributed by atoms with Crippen LogP contribution in [0.15, 0.2) is 30.6 Å². The van der Waals surface area contributed by atoms with Crippen LogP contribution >= 0.6 is 0 Å². The van der Waals surface area contributed by atoms with Crippen LogP contribution < -0.4 is 5.73 Å². The fraction of sp³-hybridized carbons (Fsp3) is 0.286. The summed E-state index contributed by atoms with van der Waals surface area (Å²) in [5.41, 5.74) is 9.88. The molecule has 5 nitrogen and oxygen atoms in total. The van der Waals surface area contributed by atoms with Crippen LogP contribution in [-0.4, -0.2) is 19.3 Å². The van der Waals surface area contributed by atoms with Gasteiger partial charge in [-0.05, 0) is 37.1 Å². The molecule has 0 aliphatic heterocycles. The van der Waals surface area contributed by atoms with Gasteiger partial charge < -0.3 is 10.3 Å². The molecule has 0 unspecified atom stereocenters. The molecule has 0 atom stereocenters. The first kappa shape index (κ1) is 11.8. The fourth-order valence-corrected chi connectivity index (χ4v) is 2.39. The third-order valence-electron chi connectivity index (χ3n) is 3.35. The smallest absolute Gasteiger partial charge is 0.106 e. The lowest BCUT2D eigenvalue weighted by Crippen LogP contribution is -2.03. The van der Waals surface area contributed by atoms with Crippen LogP contribution in [0.25, 0.3) is 11.0 Å². The molecule has 3 aromatic rings. The van der Waals surface area contributed by atoms with Crippen LogP contribution in [0.1, 0.15) is 11.4 Å². The van der Waals surface area contributed by atoms with E-state index < -0.39 is 0 Å². The van der Waals surface area contributed by atoms with Gasteiger partial charge in [-0.15, -0.1) is 0 Å². The summed E-state index contributed by atoms with van der Waals surface area (Å²) >= 11 is 0. The highest BCUT2D eigenvalue weighted by atomic mass is 15.2. The molecule has 0 amide bonds. The van der Waals surface area contributed by atoms with E-state index in [9.17, 15) is 0 Å². The molecule has 0 saturated heterocycles. The Morgan fingerprint density at radius 3 is 2.89 bits per heavy atom. The highest BCUT2D eigenvalue weighted by Crippen LogP contribution is 2.19. The molecule has 1 aromatic carbocycles. The largest absolute Gasteiger partial charge is 0.399 e. The molecular weight excluding hydrogens is 238 g/mol. The molecule has 0 bridgehead atoms. The van der Waals surface area contributed by atoms with E-state index in [1.54, 1.807) is 0 Å². The van der Waals surface area contributed by atoms with Crippen molar-refractivity contribution in [2.75, 3.05) is 5.73 Å². The summed E-state index contributed by atoms with van der Waals surface area (Å²) < 4.78 is 4.05. The fourth-order valence-electron chi connectivity index (χ4n) is 2.39. The average Bonchev–Trinajstić information content (AvgIpc) is 2.89. The van der Waals surface area contributed by atoms with Crippen LogP contribution in [0, 0.1) is 6.92 Å². The van der Waals surface area contributed by atoms with Crippen molar-refractivity contribution in [1.82, 2.24) is 19.3 Å². The zero-order valence-corrected chi connectivity index (χ0v) is 11.2. The Balaban J connectivity index is 1.90. The quantitative estimate of drug-likeness (QED) is 0.727. The van der Waals surface area contributed by atoms with Gasteiger partial charge in [0.1, 0.15) is 5.82 Å². The van der Waals surface area contributed by atoms with Crippen molar-refractivity contribution in [3.05, 3.63) is 42.0 Å². The molecule has 0 saturated carbocycles. The third-order valence-corrected chi connectivity index (χ3v) is 3.35. The number of aryl methyl sites for hydroxylation is 4. The number of hydrogen-bond acceptors (Lipinski definition) is 3. The maximum absolute atomic E-state index is 5.79. The minimum Gasteiger partial charge on any atom is -0.399 e. The minimum atomic E-state index is 0.754. The number of rotatable bonds is 3. The predicted octanol–water partition coefficient (Wildman–Crippen LogP) is 1.90. The van der Waals surface area contributed by atoms with Crippen LogP contribution in [0.4, 0.5) is 5.69 Å². The number of nitrogen functional groups attached to an aromatic ring is 1. The molecule has 2 N–H and O–H groups in total. The van der Waals surface area contributed by atoms with E-state index in [0.29, 0.717) is 0 Å². The van der Waals surface area contributed by atoms with Gasteiger partial charge in [-0.3, -0.25) is 4.68 Å². The summed E-state index contributed by atoms with van der Waals surface area (Å²) in [5.74, 6) is 1.02. The lowest BCUT2D eigenvalue weighted by atomic mass is 10.2. The number of hydrogen-bond donors (Lipinski definition) is 1. The SMILES string of the molecule is Cc1nc2cc(N)ccc2n1CCc1cnn(C)c1. The highest BCUT2D eigenvalue weighted by molar-refractivity contribution is 5.79. The van der Waals surface area contributed by atoms with Gasteiger partial charge >= 0.3 is 0 Å². The van der Waals surface area contributed by atoms with Crippen molar-refractivity contribution >= 4 is 16.7 Å². The molecular formula is C14H17N5. The van der Waals surface area contributed by atoms with Crippen LogP contribution in [-0.2, 0) is 20.0 Å². The van der Waals surface area contributed by atoms with Crippen molar-refractivity contribution in [2.24, 2.45) is 7.05 Å². The van der Waals surface area contributed by atoms with E-state index in [0.717, 1.165) is 35.5 Å². The van der Waals surface area contributed by atoms with Gasteiger partial charge in [-0.1, -0.05) is 0 Å². The van der Waals surface area contributed by atoms with Crippen molar-refractivity contribution in [3.8, 4) is 0 Å². The summed E-state index contributed by atoms with van der Waals surface area (Å²) in [6.45, 7) is 2.93. The van der Waals surface area contributed by atoms with Gasteiger partial charge in [0.15, 0.2) is 0 Å². The Kier molecular flexibility index (Phi) is 2.74. The van der Waals surface area contributed by atoms with Crippen molar-refractivity contribution in [2.45, 2.75) is 19.9 Å². The van der Waals surface area contributed by atoms with Crippen LogP contribution in [0.2, 0.25) is 0 Å². The van der Waals surface area contributed by atoms with Crippen LogP contribution in [0.3, 0.4) is 0 Å². The first-order valence-electron chi connectivity index (χ1n) is 6.33. The maximum atomic E-state index is 5.79. The first-order chi connectivity index (χ1) is 9.13. The van der Waals surface area contributed by atoms with Crippen molar-refractivity contribution in [1.29, 1.82) is 0 Å². The van der Waals surface area contributed by atoms with Crippen LogP contribution in [0.5, 0.6) is 0 Å². The summed E-state index contributed by atoms with van der Waals surface area (Å²) in [6, 6.07) is 5.88. The summed E-state index contributed by atoms with van der Waals surface area (Å²) in [4.78, 5) is 4.55. The van der Waals surface area contributed by atoms with Gasteiger partial charge in [0.2, 0.25) is 0 Å². The standard InChI is InChI=1S/C14H17N5/c1-10-17-13-7-12(15)3-4-14(13)19(10)6-5-11-8-16-18(2)9-11/h3-4,7-9H,5-6,15H2,1-2H3. The van der Waals surface area contributed by atoms with Crippen molar-refractivity contribution in [3.63, 3.8) is 0 Å². The number of aromatic nitrogens is 4. The second kappa shape index (κ2) is 4.42. The number of fused-ring (bicyclic) bond motifs is 1. The van der Waals surface area contributed by atoms with E-state index in [1.807, 2.05) is 49.2 Å². The maximum Gasteiger partial charge on any atom is 0.106 e. The molecule has 19 heavy (non-hydrogen) atoms. The first-order valence-corrected chi connectivity index (χ1v) is 6.33. The number of nitrogens with zero attached hydrogens (tertiary/aromatic N) is 4.